The van der Waals surface area contributed by atoms with E-state index in [-0.39, 0.29) is 11.9 Å². The number of hydrogen-bond acceptors (Lipinski definition) is 3. The van der Waals surface area contributed by atoms with Gasteiger partial charge in [-0.1, -0.05) is 13.3 Å². The van der Waals surface area contributed by atoms with Crippen molar-refractivity contribution in [2.45, 2.75) is 56.4 Å². The predicted octanol–water partition coefficient (Wildman–Crippen LogP) is 2.45. The number of nitrogens with one attached hydrogen (secondary N) is 1. The number of nitrogens with zero attached hydrogens (tertiary/aromatic N) is 1. The number of carbonyl (C=O) groups excluding carboxylic acids is 1. The van der Waals surface area contributed by atoms with Gasteiger partial charge in [0, 0.05) is 24.7 Å². The van der Waals surface area contributed by atoms with Crippen LogP contribution in [-0.2, 0) is 21.2 Å². The first-order chi connectivity index (χ1) is 11.5. The van der Waals surface area contributed by atoms with Gasteiger partial charge < -0.3 is 4.90 Å². The van der Waals surface area contributed by atoms with Crippen LogP contribution in [0.15, 0.2) is 23.1 Å². The zero-order valence-electron chi connectivity index (χ0n) is 14.0. The lowest BCUT2D eigenvalue weighted by atomic mass is 9.96. The van der Waals surface area contributed by atoms with E-state index in [9.17, 15) is 13.2 Å². The van der Waals surface area contributed by atoms with Gasteiger partial charge in [0.25, 0.3) is 0 Å². The summed E-state index contributed by atoms with van der Waals surface area (Å²) in [5.74, 6) is 1.30. The van der Waals surface area contributed by atoms with Crippen LogP contribution in [0.25, 0.3) is 0 Å². The van der Waals surface area contributed by atoms with E-state index in [0.717, 1.165) is 30.5 Å². The fraction of sp³-hybridized carbons (Fsp3) is 0.611. The molecule has 130 valence electrons. The van der Waals surface area contributed by atoms with E-state index in [4.69, 9.17) is 0 Å². The van der Waals surface area contributed by atoms with Crippen LogP contribution in [0, 0.1) is 11.8 Å². The Kier molecular flexibility index (Phi) is 3.92. The average Bonchev–Trinajstić information content (AvgIpc) is 3.27. The molecule has 5 nitrogen and oxygen atoms in total. The topological polar surface area (TPSA) is 66.5 Å². The number of anilines is 1. The van der Waals surface area contributed by atoms with Crippen molar-refractivity contribution in [1.29, 1.82) is 0 Å². The molecular formula is C18H24N2O3S. The van der Waals surface area contributed by atoms with Gasteiger partial charge >= 0.3 is 0 Å². The molecule has 6 heteroatoms. The highest BCUT2D eigenvalue weighted by Gasteiger charge is 2.41. The van der Waals surface area contributed by atoms with Gasteiger partial charge in [-0.05, 0) is 61.3 Å². The van der Waals surface area contributed by atoms with Gasteiger partial charge in [0.15, 0.2) is 0 Å². The molecule has 1 amide bonds. The lowest BCUT2D eigenvalue weighted by Gasteiger charge is -2.23. The van der Waals surface area contributed by atoms with Gasteiger partial charge in [-0.3, -0.25) is 4.79 Å². The zero-order valence-corrected chi connectivity index (χ0v) is 14.8. The van der Waals surface area contributed by atoms with Crippen LogP contribution < -0.4 is 9.62 Å². The molecule has 1 aromatic rings. The molecule has 1 aliphatic heterocycles. The summed E-state index contributed by atoms with van der Waals surface area (Å²) in [5.41, 5.74) is 1.81. The van der Waals surface area contributed by atoms with Crippen molar-refractivity contribution in [2.75, 3.05) is 11.4 Å². The molecule has 0 aromatic heterocycles. The number of sulfonamides is 1. The summed E-state index contributed by atoms with van der Waals surface area (Å²) in [6, 6.07) is 5.26. The fourth-order valence-corrected chi connectivity index (χ4v) is 6.02. The molecule has 1 heterocycles. The van der Waals surface area contributed by atoms with Gasteiger partial charge in [-0.15, -0.1) is 0 Å². The lowest BCUT2D eigenvalue weighted by molar-refractivity contribution is -0.118. The van der Waals surface area contributed by atoms with E-state index in [1.54, 1.807) is 23.1 Å². The maximum atomic E-state index is 12.7. The van der Waals surface area contributed by atoms with Crippen molar-refractivity contribution in [3.8, 4) is 0 Å². The Labute approximate surface area is 143 Å². The van der Waals surface area contributed by atoms with Crippen LogP contribution in [-0.4, -0.2) is 26.9 Å². The number of rotatable bonds is 4. The van der Waals surface area contributed by atoms with Gasteiger partial charge in [0.2, 0.25) is 15.9 Å². The molecule has 24 heavy (non-hydrogen) atoms. The first kappa shape index (κ1) is 16.1. The Morgan fingerprint density at radius 2 is 2.12 bits per heavy atom. The summed E-state index contributed by atoms with van der Waals surface area (Å²) in [6.45, 7) is 2.49. The average molecular weight is 348 g/mol. The summed E-state index contributed by atoms with van der Waals surface area (Å²) in [6.07, 6.45) is 5.74. The molecule has 1 N–H and O–H groups in total. The van der Waals surface area contributed by atoms with E-state index in [1.165, 1.54) is 12.8 Å². The van der Waals surface area contributed by atoms with Gasteiger partial charge in [-0.2, -0.15) is 0 Å². The third kappa shape index (κ3) is 2.65. The van der Waals surface area contributed by atoms with Crippen molar-refractivity contribution in [2.24, 2.45) is 11.8 Å². The van der Waals surface area contributed by atoms with E-state index in [2.05, 4.69) is 4.72 Å². The van der Waals surface area contributed by atoms with Crippen LogP contribution in [0.5, 0.6) is 0 Å². The van der Waals surface area contributed by atoms with E-state index in [0.29, 0.717) is 29.7 Å². The Bertz CT molecular complexity index is 774. The third-order valence-corrected chi connectivity index (χ3v) is 7.39. The van der Waals surface area contributed by atoms with Crippen molar-refractivity contribution < 1.29 is 13.2 Å². The number of hydrogen-bond donors (Lipinski definition) is 1. The van der Waals surface area contributed by atoms with Crippen LogP contribution in [0.3, 0.4) is 0 Å². The van der Waals surface area contributed by atoms with E-state index >= 15 is 0 Å². The quantitative estimate of drug-likeness (QED) is 0.909. The summed E-state index contributed by atoms with van der Waals surface area (Å²) in [5, 5.41) is 0. The summed E-state index contributed by atoms with van der Waals surface area (Å²) >= 11 is 0. The largest absolute Gasteiger partial charge is 0.312 e. The minimum Gasteiger partial charge on any atom is -0.312 e. The SMILES string of the molecule is CCC(=O)N1CCc2cc(S(=O)(=O)N[C@H]3C[C@H]4CC[C@@H]3C4)ccc21. The Hall–Kier alpha value is -1.40. The Balaban J connectivity index is 1.55. The van der Waals surface area contributed by atoms with Crippen molar-refractivity contribution in [3.05, 3.63) is 23.8 Å². The van der Waals surface area contributed by atoms with Crippen LogP contribution in [0.1, 0.15) is 44.6 Å². The Morgan fingerprint density at radius 1 is 1.29 bits per heavy atom. The van der Waals surface area contributed by atoms with Gasteiger partial charge in [0.1, 0.15) is 0 Å². The highest BCUT2D eigenvalue weighted by atomic mass is 32.2. The van der Waals surface area contributed by atoms with Crippen LogP contribution in [0.2, 0.25) is 0 Å². The maximum absolute atomic E-state index is 12.7. The first-order valence-corrected chi connectivity index (χ1v) is 10.4. The maximum Gasteiger partial charge on any atom is 0.240 e. The molecule has 2 fully saturated rings. The standard InChI is InChI=1S/C18H24N2O3S/c1-2-18(21)20-8-7-14-11-15(5-6-17(14)20)24(22,23)19-16-10-12-3-4-13(16)9-12/h5-6,11-13,16,19H,2-4,7-10H2,1H3/t12-,13+,16-/m0/s1. The highest BCUT2D eigenvalue weighted by Crippen LogP contribution is 2.45. The molecule has 0 radical (unpaired) electrons. The molecule has 1 aromatic carbocycles. The molecule has 0 saturated heterocycles. The molecule has 0 unspecified atom stereocenters. The second-order valence-corrected chi connectivity index (χ2v) is 9.06. The monoisotopic (exact) mass is 348 g/mol. The lowest BCUT2D eigenvalue weighted by Crippen LogP contribution is -2.38. The molecule has 2 saturated carbocycles. The molecular weight excluding hydrogens is 324 g/mol. The van der Waals surface area contributed by atoms with Crippen LogP contribution in [0.4, 0.5) is 5.69 Å². The second-order valence-electron chi connectivity index (χ2n) is 7.34. The highest BCUT2D eigenvalue weighted by molar-refractivity contribution is 7.89. The molecule has 0 spiro atoms. The summed E-state index contributed by atoms with van der Waals surface area (Å²) in [7, 11) is -3.48. The molecule has 3 aliphatic rings. The smallest absolute Gasteiger partial charge is 0.240 e. The molecule has 2 aliphatic carbocycles. The van der Waals surface area contributed by atoms with Gasteiger partial charge in [0.05, 0.1) is 4.90 Å². The fourth-order valence-electron chi connectivity index (χ4n) is 4.65. The summed E-state index contributed by atoms with van der Waals surface area (Å²) in [4.78, 5) is 14.0. The minimum atomic E-state index is -3.48. The molecule has 3 atom stereocenters. The van der Waals surface area contributed by atoms with Crippen molar-refractivity contribution in [1.82, 2.24) is 4.72 Å². The zero-order chi connectivity index (χ0) is 16.9. The second kappa shape index (κ2) is 5.85. The number of fused-ring (bicyclic) bond motifs is 3. The van der Waals surface area contributed by atoms with E-state index in [1.807, 2.05) is 6.92 Å². The predicted molar refractivity (Wildman–Crippen MR) is 92.3 cm³/mol. The Morgan fingerprint density at radius 3 is 2.79 bits per heavy atom. The normalized spacial score (nSPS) is 28.4. The minimum absolute atomic E-state index is 0.0875. The molecule has 2 bridgehead atoms. The first-order valence-electron chi connectivity index (χ1n) is 8.93. The van der Waals surface area contributed by atoms with Crippen molar-refractivity contribution in [3.63, 3.8) is 0 Å². The molecule has 4 rings (SSSR count). The van der Waals surface area contributed by atoms with Crippen molar-refractivity contribution >= 4 is 21.6 Å². The number of amides is 1. The summed E-state index contributed by atoms with van der Waals surface area (Å²) < 4.78 is 28.4. The number of carbonyl (C=O) groups is 1. The number of benzene rings is 1. The van der Waals surface area contributed by atoms with E-state index < -0.39 is 10.0 Å². The third-order valence-electron chi connectivity index (χ3n) is 5.90. The van der Waals surface area contributed by atoms with Crippen LogP contribution >= 0.6 is 0 Å². The van der Waals surface area contributed by atoms with Gasteiger partial charge in [-0.25, -0.2) is 13.1 Å².